The van der Waals surface area contributed by atoms with E-state index >= 15 is 0 Å². The van der Waals surface area contributed by atoms with Crippen molar-refractivity contribution in [1.82, 2.24) is 15.5 Å². The molecule has 27 heavy (non-hydrogen) atoms. The third-order valence-electron chi connectivity index (χ3n) is 5.40. The molecule has 7 heteroatoms. The van der Waals surface area contributed by atoms with Crippen molar-refractivity contribution in [2.75, 3.05) is 26.7 Å². The Hall–Kier alpha value is -0.730. The first-order valence-corrected chi connectivity index (χ1v) is 10.2. The Morgan fingerprint density at radius 2 is 1.70 bits per heavy atom. The summed E-state index contributed by atoms with van der Waals surface area (Å²) in [5.74, 6) is 2.34. The molecule has 6 nitrogen and oxygen atoms in total. The van der Waals surface area contributed by atoms with Crippen molar-refractivity contribution in [3.8, 4) is 0 Å². The van der Waals surface area contributed by atoms with E-state index in [-0.39, 0.29) is 30.1 Å². The SMILES string of the molecule is CN=C(NCC1CCN(C(=O)OC(C)(C)C)CC1)NC1CCC(C)CC1.I. The molecular weight excluding hydrogens is 455 g/mol. The fourth-order valence-electron chi connectivity index (χ4n) is 3.68. The number of likely N-dealkylation sites (tertiary alicyclic amines) is 1. The lowest BCUT2D eigenvalue weighted by atomic mass is 9.87. The largest absolute Gasteiger partial charge is 0.444 e. The van der Waals surface area contributed by atoms with Crippen LogP contribution in [0.5, 0.6) is 0 Å². The Labute approximate surface area is 182 Å². The molecule has 1 saturated carbocycles. The minimum absolute atomic E-state index is 0. The number of carbonyl (C=O) groups is 1. The molecule has 0 aromatic heterocycles. The lowest BCUT2D eigenvalue weighted by Crippen LogP contribution is -2.48. The zero-order valence-corrected chi connectivity index (χ0v) is 20.0. The number of hydrogen-bond donors (Lipinski definition) is 2. The highest BCUT2D eigenvalue weighted by Crippen LogP contribution is 2.23. The fourth-order valence-corrected chi connectivity index (χ4v) is 3.68. The summed E-state index contributed by atoms with van der Waals surface area (Å²) in [5.41, 5.74) is -0.426. The summed E-state index contributed by atoms with van der Waals surface area (Å²) >= 11 is 0. The van der Waals surface area contributed by atoms with Crippen molar-refractivity contribution in [2.24, 2.45) is 16.8 Å². The normalized spacial score (nSPS) is 24.8. The van der Waals surface area contributed by atoms with Gasteiger partial charge in [0.05, 0.1) is 0 Å². The Bertz CT molecular complexity index is 477. The molecule has 0 unspecified atom stereocenters. The molecule has 158 valence electrons. The van der Waals surface area contributed by atoms with Crippen LogP contribution in [-0.2, 0) is 4.74 Å². The summed E-state index contributed by atoms with van der Waals surface area (Å²) in [4.78, 5) is 18.3. The maximum absolute atomic E-state index is 12.1. The second kappa shape index (κ2) is 11.3. The van der Waals surface area contributed by atoms with Gasteiger partial charge in [-0.25, -0.2) is 4.79 Å². The van der Waals surface area contributed by atoms with E-state index in [9.17, 15) is 4.79 Å². The van der Waals surface area contributed by atoms with Crippen LogP contribution in [0.2, 0.25) is 0 Å². The standard InChI is InChI=1S/C20H38N4O2.HI/c1-15-6-8-17(9-7-15)23-18(21-5)22-14-16-10-12-24(13-11-16)19(25)26-20(2,3)4;/h15-17H,6-14H2,1-5H3,(H2,21,22,23);1H. The highest BCUT2D eigenvalue weighted by molar-refractivity contribution is 14.0. The van der Waals surface area contributed by atoms with Gasteiger partial charge in [-0.05, 0) is 71.1 Å². The topological polar surface area (TPSA) is 66.0 Å². The van der Waals surface area contributed by atoms with E-state index in [1.165, 1.54) is 25.7 Å². The van der Waals surface area contributed by atoms with E-state index < -0.39 is 5.60 Å². The van der Waals surface area contributed by atoms with E-state index in [2.05, 4.69) is 22.5 Å². The number of guanidine groups is 1. The van der Waals surface area contributed by atoms with Crippen molar-refractivity contribution in [3.63, 3.8) is 0 Å². The summed E-state index contributed by atoms with van der Waals surface area (Å²) in [6.07, 6.45) is 6.89. The van der Waals surface area contributed by atoms with Gasteiger partial charge in [0.25, 0.3) is 0 Å². The van der Waals surface area contributed by atoms with E-state index in [1.54, 1.807) is 0 Å². The summed E-state index contributed by atoms with van der Waals surface area (Å²) in [5, 5.41) is 7.06. The number of aliphatic imine (C=N–C) groups is 1. The van der Waals surface area contributed by atoms with Crippen molar-refractivity contribution in [3.05, 3.63) is 0 Å². The van der Waals surface area contributed by atoms with Crippen molar-refractivity contribution in [1.29, 1.82) is 0 Å². The second-order valence-corrected chi connectivity index (χ2v) is 8.97. The number of rotatable bonds is 3. The lowest BCUT2D eigenvalue weighted by Gasteiger charge is -2.34. The summed E-state index contributed by atoms with van der Waals surface area (Å²) in [7, 11) is 1.84. The van der Waals surface area contributed by atoms with Gasteiger partial charge in [0.1, 0.15) is 5.60 Å². The van der Waals surface area contributed by atoms with Crippen molar-refractivity contribution < 1.29 is 9.53 Å². The number of halogens is 1. The van der Waals surface area contributed by atoms with E-state index in [1.807, 2.05) is 32.7 Å². The monoisotopic (exact) mass is 494 g/mol. The Morgan fingerprint density at radius 1 is 1.11 bits per heavy atom. The molecule has 0 aromatic carbocycles. The van der Waals surface area contributed by atoms with Gasteiger partial charge in [-0.3, -0.25) is 4.99 Å². The molecule has 2 fully saturated rings. The number of hydrogen-bond acceptors (Lipinski definition) is 3. The van der Waals surface area contributed by atoms with Gasteiger partial charge < -0.3 is 20.3 Å². The maximum atomic E-state index is 12.1. The lowest BCUT2D eigenvalue weighted by molar-refractivity contribution is 0.0185. The number of amides is 1. The van der Waals surface area contributed by atoms with Crippen LogP contribution in [0, 0.1) is 11.8 Å². The van der Waals surface area contributed by atoms with Crippen LogP contribution in [0.1, 0.15) is 66.2 Å². The molecule has 0 atom stereocenters. The Kier molecular flexibility index (Phi) is 10.2. The first-order chi connectivity index (χ1) is 12.3. The minimum Gasteiger partial charge on any atom is -0.444 e. The van der Waals surface area contributed by atoms with E-state index in [0.29, 0.717) is 12.0 Å². The third kappa shape index (κ3) is 8.87. The average Bonchev–Trinajstić information content (AvgIpc) is 2.59. The van der Waals surface area contributed by atoms with Crippen LogP contribution in [0.3, 0.4) is 0 Å². The van der Waals surface area contributed by atoms with Gasteiger partial charge in [0, 0.05) is 32.7 Å². The molecule has 2 rings (SSSR count). The number of carbonyl (C=O) groups excluding carboxylic acids is 1. The predicted octanol–water partition coefficient (Wildman–Crippen LogP) is 4.00. The number of piperidine rings is 1. The van der Waals surface area contributed by atoms with E-state index in [0.717, 1.165) is 44.4 Å². The molecule has 1 saturated heterocycles. The zero-order chi connectivity index (χ0) is 19.2. The second-order valence-electron chi connectivity index (χ2n) is 8.97. The molecule has 0 bridgehead atoms. The molecule has 1 aliphatic heterocycles. The molecule has 2 N–H and O–H groups in total. The molecule has 0 radical (unpaired) electrons. The first-order valence-electron chi connectivity index (χ1n) is 10.2. The van der Waals surface area contributed by atoms with Gasteiger partial charge in [0.15, 0.2) is 5.96 Å². The van der Waals surface area contributed by atoms with Gasteiger partial charge in [-0.2, -0.15) is 0 Å². The quantitative estimate of drug-likeness (QED) is 0.354. The third-order valence-corrected chi connectivity index (χ3v) is 5.40. The molecule has 0 spiro atoms. The summed E-state index contributed by atoms with van der Waals surface area (Å²) in [6, 6.07) is 0.548. The summed E-state index contributed by atoms with van der Waals surface area (Å²) < 4.78 is 5.46. The Balaban J connectivity index is 0.00000364. The highest BCUT2D eigenvalue weighted by Gasteiger charge is 2.27. The number of ether oxygens (including phenoxy) is 1. The number of nitrogens with zero attached hydrogens (tertiary/aromatic N) is 2. The van der Waals surface area contributed by atoms with Crippen LogP contribution in [0.4, 0.5) is 4.79 Å². The minimum atomic E-state index is -0.426. The first kappa shape index (κ1) is 24.3. The average molecular weight is 494 g/mol. The zero-order valence-electron chi connectivity index (χ0n) is 17.7. The molecule has 0 aromatic rings. The molecule has 1 amide bonds. The van der Waals surface area contributed by atoms with Crippen LogP contribution < -0.4 is 10.6 Å². The fraction of sp³-hybridized carbons (Fsp3) is 0.900. The van der Waals surface area contributed by atoms with Crippen molar-refractivity contribution >= 4 is 36.0 Å². The van der Waals surface area contributed by atoms with Crippen molar-refractivity contribution in [2.45, 2.75) is 77.9 Å². The predicted molar refractivity (Wildman–Crippen MR) is 122 cm³/mol. The molecule has 1 aliphatic carbocycles. The van der Waals surface area contributed by atoms with Gasteiger partial charge >= 0.3 is 6.09 Å². The van der Waals surface area contributed by atoms with Gasteiger partial charge in [-0.15, -0.1) is 24.0 Å². The van der Waals surface area contributed by atoms with Crippen LogP contribution in [0.15, 0.2) is 4.99 Å². The highest BCUT2D eigenvalue weighted by atomic mass is 127. The smallest absolute Gasteiger partial charge is 0.410 e. The molecular formula is C20H39IN4O2. The van der Waals surface area contributed by atoms with E-state index in [4.69, 9.17) is 4.74 Å². The molecule has 1 heterocycles. The van der Waals surface area contributed by atoms with Crippen LogP contribution >= 0.6 is 24.0 Å². The summed E-state index contributed by atoms with van der Waals surface area (Å²) in [6.45, 7) is 10.5. The van der Waals surface area contributed by atoms with Crippen LogP contribution in [-0.4, -0.2) is 55.3 Å². The van der Waals surface area contributed by atoms with Crippen LogP contribution in [0.25, 0.3) is 0 Å². The Morgan fingerprint density at radius 3 is 2.22 bits per heavy atom. The maximum Gasteiger partial charge on any atom is 0.410 e. The molecule has 2 aliphatic rings. The number of nitrogens with one attached hydrogen (secondary N) is 2. The van der Waals surface area contributed by atoms with Gasteiger partial charge in [0.2, 0.25) is 0 Å². The van der Waals surface area contributed by atoms with Gasteiger partial charge in [-0.1, -0.05) is 6.92 Å².